The first-order valence-corrected chi connectivity index (χ1v) is 5.78. The van der Waals surface area contributed by atoms with Gasteiger partial charge in [0, 0.05) is 13.0 Å². The van der Waals surface area contributed by atoms with Crippen molar-refractivity contribution in [3.8, 4) is 0 Å². The number of carbonyl (C=O) groups excluding carboxylic acids is 1. The molecule has 1 amide bonds. The van der Waals surface area contributed by atoms with Gasteiger partial charge in [0.05, 0.1) is 6.61 Å². The molecule has 0 fully saturated rings. The number of aliphatic carboxylic acids is 1. The van der Waals surface area contributed by atoms with E-state index in [4.69, 9.17) is 9.84 Å². The summed E-state index contributed by atoms with van der Waals surface area (Å²) in [6, 6.07) is 9.76. The first-order chi connectivity index (χ1) is 8.68. The van der Waals surface area contributed by atoms with E-state index < -0.39 is 5.97 Å². The highest BCUT2D eigenvalue weighted by molar-refractivity contribution is 5.76. The summed E-state index contributed by atoms with van der Waals surface area (Å²) in [5.74, 6) is -1.07. The number of nitrogens with one attached hydrogen (secondary N) is 1. The number of carbonyl (C=O) groups is 2. The minimum atomic E-state index is -1.01. The minimum absolute atomic E-state index is 0.0576. The summed E-state index contributed by atoms with van der Waals surface area (Å²) < 4.78 is 4.79. The van der Waals surface area contributed by atoms with Gasteiger partial charge in [-0.3, -0.25) is 4.79 Å². The van der Waals surface area contributed by atoms with E-state index in [1.54, 1.807) is 0 Å². The topological polar surface area (TPSA) is 75.6 Å². The first kappa shape index (κ1) is 14.2. The predicted octanol–water partition coefficient (Wildman–Crippen LogP) is 0.837. The van der Waals surface area contributed by atoms with Crippen LogP contribution in [0, 0.1) is 0 Å². The lowest BCUT2D eigenvalue weighted by Crippen LogP contribution is -2.28. The number of aryl methyl sites for hydroxylation is 1. The highest BCUT2D eigenvalue weighted by Gasteiger charge is 2.02. The summed E-state index contributed by atoms with van der Waals surface area (Å²) in [5.41, 5.74) is 1.12. The Balaban J connectivity index is 2.06. The smallest absolute Gasteiger partial charge is 0.329 e. The summed E-state index contributed by atoms with van der Waals surface area (Å²) in [4.78, 5) is 21.6. The lowest BCUT2D eigenvalue weighted by molar-refractivity contribution is -0.142. The van der Waals surface area contributed by atoms with Gasteiger partial charge in [-0.15, -0.1) is 0 Å². The maximum Gasteiger partial charge on any atom is 0.329 e. The third-order valence-corrected chi connectivity index (χ3v) is 2.28. The highest BCUT2D eigenvalue weighted by atomic mass is 16.5. The Kier molecular flexibility index (Phi) is 6.50. The van der Waals surface area contributed by atoms with Crippen molar-refractivity contribution >= 4 is 11.9 Å². The molecule has 0 aromatic heterocycles. The van der Waals surface area contributed by atoms with Crippen LogP contribution < -0.4 is 5.32 Å². The van der Waals surface area contributed by atoms with E-state index in [1.807, 2.05) is 30.3 Å². The quantitative estimate of drug-likeness (QED) is 0.671. The van der Waals surface area contributed by atoms with Crippen LogP contribution >= 0.6 is 0 Å². The fraction of sp³-hybridized carbons (Fsp3) is 0.385. The van der Waals surface area contributed by atoms with E-state index >= 15 is 0 Å². The van der Waals surface area contributed by atoms with Crippen LogP contribution in [0.25, 0.3) is 0 Å². The highest BCUT2D eigenvalue weighted by Crippen LogP contribution is 2.01. The third kappa shape index (κ3) is 6.65. The van der Waals surface area contributed by atoms with E-state index in [9.17, 15) is 9.59 Å². The minimum Gasteiger partial charge on any atom is -0.480 e. The summed E-state index contributed by atoms with van der Waals surface area (Å²) in [7, 11) is 0. The first-order valence-electron chi connectivity index (χ1n) is 5.78. The van der Waals surface area contributed by atoms with E-state index in [0.29, 0.717) is 19.4 Å². The lowest BCUT2D eigenvalue weighted by Gasteiger charge is -2.05. The predicted molar refractivity (Wildman–Crippen MR) is 66.2 cm³/mol. The maximum atomic E-state index is 11.4. The van der Waals surface area contributed by atoms with E-state index in [0.717, 1.165) is 5.56 Å². The molecule has 0 saturated carbocycles. The van der Waals surface area contributed by atoms with Crippen molar-refractivity contribution in [1.82, 2.24) is 5.32 Å². The zero-order chi connectivity index (χ0) is 13.2. The van der Waals surface area contributed by atoms with Crippen molar-refractivity contribution in [2.24, 2.45) is 0 Å². The van der Waals surface area contributed by atoms with Gasteiger partial charge >= 0.3 is 5.97 Å². The zero-order valence-electron chi connectivity index (χ0n) is 10.1. The van der Waals surface area contributed by atoms with Gasteiger partial charge in [-0.2, -0.15) is 0 Å². The van der Waals surface area contributed by atoms with Crippen molar-refractivity contribution in [2.45, 2.75) is 12.8 Å². The van der Waals surface area contributed by atoms with Crippen LogP contribution in [0.2, 0.25) is 0 Å². The molecule has 0 spiro atoms. The fourth-order valence-electron chi connectivity index (χ4n) is 1.41. The average Bonchev–Trinajstić information content (AvgIpc) is 2.37. The van der Waals surface area contributed by atoms with Crippen LogP contribution in [-0.2, 0) is 20.7 Å². The molecule has 0 aliphatic heterocycles. The van der Waals surface area contributed by atoms with Crippen LogP contribution in [-0.4, -0.2) is 36.7 Å². The van der Waals surface area contributed by atoms with Crippen LogP contribution in [0.5, 0.6) is 0 Å². The zero-order valence-corrected chi connectivity index (χ0v) is 10.1. The van der Waals surface area contributed by atoms with Gasteiger partial charge in [0.25, 0.3) is 0 Å². The standard InChI is InChI=1S/C13H17NO4/c15-12(14-8-9-18-10-13(16)17)7-6-11-4-2-1-3-5-11/h1-5H,6-10H2,(H,14,15)(H,16,17). The maximum absolute atomic E-state index is 11.4. The van der Waals surface area contributed by atoms with Gasteiger partial charge in [0.2, 0.25) is 5.91 Å². The summed E-state index contributed by atoms with van der Waals surface area (Å²) in [5, 5.41) is 11.0. The number of hydrogen-bond acceptors (Lipinski definition) is 3. The lowest BCUT2D eigenvalue weighted by atomic mass is 10.1. The Labute approximate surface area is 106 Å². The van der Waals surface area contributed by atoms with Gasteiger partial charge < -0.3 is 15.2 Å². The molecule has 0 saturated heterocycles. The molecular formula is C13H17NO4. The second-order valence-corrected chi connectivity index (χ2v) is 3.78. The molecule has 2 N–H and O–H groups in total. The molecule has 5 heteroatoms. The van der Waals surface area contributed by atoms with Crippen LogP contribution in [0.1, 0.15) is 12.0 Å². The second-order valence-electron chi connectivity index (χ2n) is 3.78. The summed E-state index contributed by atoms with van der Waals surface area (Å²) >= 11 is 0. The van der Waals surface area contributed by atoms with E-state index in [-0.39, 0.29) is 19.1 Å². The van der Waals surface area contributed by atoms with Crippen molar-refractivity contribution in [3.05, 3.63) is 35.9 Å². The molecule has 1 aromatic rings. The number of amides is 1. The molecule has 18 heavy (non-hydrogen) atoms. The fourth-order valence-corrected chi connectivity index (χ4v) is 1.41. The number of carboxylic acid groups (broad SMARTS) is 1. The number of rotatable bonds is 8. The Morgan fingerprint density at radius 2 is 1.94 bits per heavy atom. The number of carboxylic acids is 1. The second kappa shape index (κ2) is 8.25. The summed E-state index contributed by atoms with van der Waals surface area (Å²) in [6.45, 7) is 0.212. The Bertz CT molecular complexity index is 378. The normalized spacial score (nSPS) is 10.0. The van der Waals surface area contributed by atoms with Crippen molar-refractivity contribution in [1.29, 1.82) is 0 Å². The van der Waals surface area contributed by atoms with Crippen molar-refractivity contribution in [3.63, 3.8) is 0 Å². The largest absolute Gasteiger partial charge is 0.480 e. The Hall–Kier alpha value is -1.88. The van der Waals surface area contributed by atoms with E-state index in [2.05, 4.69) is 5.32 Å². The van der Waals surface area contributed by atoms with E-state index in [1.165, 1.54) is 0 Å². The van der Waals surface area contributed by atoms with Crippen molar-refractivity contribution < 1.29 is 19.4 Å². The molecule has 0 unspecified atom stereocenters. The summed E-state index contributed by atoms with van der Waals surface area (Å²) in [6.07, 6.45) is 1.12. The molecule has 98 valence electrons. The number of benzene rings is 1. The molecule has 0 aliphatic carbocycles. The molecule has 1 aromatic carbocycles. The molecule has 5 nitrogen and oxygen atoms in total. The third-order valence-electron chi connectivity index (χ3n) is 2.28. The number of ether oxygens (including phenoxy) is 1. The molecule has 0 heterocycles. The molecule has 1 rings (SSSR count). The molecule has 0 radical (unpaired) electrons. The van der Waals surface area contributed by atoms with Gasteiger partial charge in [-0.05, 0) is 12.0 Å². The monoisotopic (exact) mass is 251 g/mol. The average molecular weight is 251 g/mol. The van der Waals surface area contributed by atoms with Crippen LogP contribution in [0.15, 0.2) is 30.3 Å². The molecular weight excluding hydrogens is 234 g/mol. The number of hydrogen-bond donors (Lipinski definition) is 2. The van der Waals surface area contributed by atoms with Gasteiger partial charge in [0.15, 0.2) is 0 Å². The molecule has 0 bridgehead atoms. The Morgan fingerprint density at radius 1 is 1.22 bits per heavy atom. The van der Waals surface area contributed by atoms with Gasteiger partial charge in [0.1, 0.15) is 6.61 Å². The molecule has 0 atom stereocenters. The molecule has 0 aliphatic rings. The van der Waals surface area contributed by atoms with Crippen molar-refractivity contribution in [2.75, 3.05) is 19.8 Å². The van der Waals surface area contributed by atoms with Crippen LogP contribution in [0.4, 0.5) is 0 Å². The van der Waals surface area contributed by atoms with Gasteiger partial charge in [-0.1, -0.05) is 30.3 Å². The Morgan fingerprint density at radius 3 is 2.61 bits per heavy atom. The van der Waals surface area contributed by atoms with Gasteiger partial charge in [-0.25, -0.2) is 4.79 Å². The van der Waals surface area contributed by atoms with Crippen LogP contribution in [0.3, 0.4) is 0 Å². The SMILES string of the molecule is O=C(O)COCCNC(=O)CCc1ccccc1.